The topological polar surface area (TPSA) is 58.9 Å². The van der Waals surface area contributed by atoms with E-state index in [1.165, 1.54) is 0 Å². The van der Waals surface area contributed by atoms with Crippen LogP contribution in [0.25, 0.3) is 0 Å². The highest BCUT2D eigenvalue weighted by Crippen LogP contribution is 2.31. The lowest BCUT2D eigenvalue weighted by Crippen LogP contribution is -2.30. The van der Waals surface area contributed by atoms with Crippen LogP contribution in [0.5, 0.6) is 0 Å². The van der Waals surface area contributed by atoms with E-state index in [4.69, 9.17) is 19.7 Å². The van der Waals surface area contributed by atoms with Crippen LogP contribution in [0.15, 0.2) is 0 Å². The summed E-state index contributed by atoms with van der Waals surface area (Å²) in [5, 5.41) is 17.5. The van der Waals surface area contributed by atoms with Crippen LogP contribution in [0.2, 0.25) is 0 Å². The van der Waals surface area contributed by atoms with E-state index in [0.29, 0.717) is 13.2 Å². The molecule has 0 aromatic rings. The SMILES string of the molecule is OCCCCCCC1(CCCCO)OCCO1. The van der Waals surface area contributed by atoms with Gasteiger partial charge in [-0.15, -0.1) is 0 Å². The highest BCUT2D eigenvalue weighted by atomic mass is 16.7. The molecule has 0 aromatic heterocycles. The number of hydrogen-bond acceptors (Lipinski definition) is 4. The molecule has 0 atom stereocenters. The van der Waals surface area contributed by atoms with Crippen molar-refractivity contribution >= 4 is 0 Å². The fraction of sp³-hybridized carbons (Fsp3) is 1.00. The van der Waals surface area contributed by atoms with Crippen molar-refractivity contribution < 1.29 is 19.7 Å². The first-order valence-corrected chi connectivity index (χ1v) is 6.83. The Bertz CT molecular complexity index is 178. The summed E-state index contributed by atoms with van der Waals surface area (Å²) in [5.74, 6) is -0.381. The van der Waals surface area contributed by atoms with Gasteiger partial charge in [-0.2, -0.15) is 0 Å². The van der Waals surface area contributed by atoms with Crippen molar-refractivity contribution in [1.29, 1.82) is 0 Å². The second-order valence-corrected chi connectivity index (χ2v) is 4.68. The van der Waals surface area contributed by atoms with Crippen molar-refractivity contribution in [2.45, 2.75) is 57.2 Å². The van der Waals surface area contributed by atoms with E-state index in [2.05, 4.69) is 0 Å². The summed E-state index contributed by atoms with van der Waals surface area (Å²) in [4.78, 5) is 0. The molecule has 1 heterocycles. The Hall–Kier alpha value is -0.160. The molecule has 102 valence electrons. The third-order valence-electron chi connectivity index (χ3n) is 3.25. The van der Waals surface area contributed by atoms with E-state index >= 15 is 0 Å². The number of ether oxygens (including phenoxy) is 2. The molecule has 0 amide bonds. The van der Waals surface area contributed by atoms with Crippen LogP contribution in [0.3, 0.4) is 0 Å². The molecule has 0 aromatic carbocycles. The number of hydrogen-bond donors (Lipinski definition) is 2. The summed E-state index contributed by atoms with van der Waals surface area (Å²) in [6.07, 6.45) is 7.75. The molecular formula is C13H26O4. The quantitative estimate of drug-likeness (QED) is 0.577. The first-order valence-electron chi connectivity index (χ1n) is 6.83. The molecule has 4 heteroatoms. The third-order valence-corrected chi connectivity index (χ3v) is 3.25. The minimum absolute atomic E-state index is 0.243. The highest BCUT2D eigenvalue weighted by Gasteiger charge is 2.34. The van der Waals surface area contributed by atoms with Crippen molar-refractivity contribution in [2.75, 3.05) is 26.4 Å². The monoisotopic (exact) mass is 246 g/mol. The van der Waals surface area contributed by atoms with E-state index in [1.807, 2.05) is 0 Å². The zero-order valence-corrected chi connectivity index (χ0v) is 10.7. The molecule has 0 unspecified atom stereocenters. The van der Waals surface area contributed by atoms with Crippen LogP contribution < -0.4 is 0 Å². The molecule has 1 aliphatic rings. The largest absolute Gasteiger partial charge is 0.396 e. The van der Waals surface area contributed by atoms with Gasteiger partial charge in [0, 0.05) is 26.1 Å². The first kappa shape index (κ1) is 14.9. The maximum atomic E-state index is 8.79. The number of aliphatic hydroxyl groups is 2. The Morgan fingerprint density at radius 2 is 1.18 bits per heavy atom. The van der Waals surface area contributed by atoms with Gasteiger partial charge in [0.05, 0.1) is 13.2 Å². The number of unbranched alkanes of at least 4 members (excludes halogenated alkanes) is 4. The van der Waals surface area contributed by atoms with Gasteiger partial charge in [0.2, 0.25) is 0 Å². The third kappa shape index (κ3) is 5.82. The normalized spacial score (nSPS) is 18.7. The molecular weight excluding hydrogens is 220 g/mol. The van der Waals surface area contributed by atoms with Gasteiger partial charge >= 0.3 is 0 Å². The Morgan fingerprint density at radius 3 is 1.76 bits per heavy atom. The van der Waals surface area contributed by atoms with Gasteiger partial charge in [-0.1, -0.05) is 12.8 Å². The van der Waals surface area contributed by atoms with E-state index in [0.717, 1.165) is 51.4 Å². The molecule has 4 nitrogen and oxygen atoms in total. The molecule has 0 bridgehead atoms. The Balaban J connectivity index is 2.17. The highest BCUT2D eigenvalue weighted by molar-refractivity contribution is 4.74. The van der Waals surface area contributed by atoms with Gasteiger partial charge < -0.3 is 19.7 Å². The van der Waals surface area contributed by atoms with Crippen molar-refractivity contribution in [3.63, 3.8) is 0 Å². The van der Waals surface area contributed by atoms with E-state index < -0.39 is 0 Å². The molecule has 0 aliphatic carbocycles. The molecule has 0 spiro atoms. The summed E-state index contributed by atoms with van der Waals surface area (Å²) >= 11 is 0. The molecule has 0 saturated carbocycles. The molecule has 1 saturated heterocycles. The van der Waals surface area contributed by atoms with Gasteiger partial charge in [-0.25, -0.2) is 0 Å². The molecule has 2 N–H and O–H groups in total. The predicted molar refractivity (Wildman–Crippen MR) is 65.7 cm³/mol. The average Bonchev–Trinajstić information content (AvgIpc) is 2.79. The zero-order chi connectivity index (χ0) is 12.4. The lowest BCUT2D eigenvalue weighted by molar-refractivity contribution is -0.168. The minimum Gasteiger partial charge on any atom is -0.396 e. The van der Waals surface area contributed by atoms with Crippen LogP contribution in [0.4, 0.5) is 0 Å². The van der Waals surface area contributed by atoms with Gasteiger partial charge in [-0.05, 0) is 25.7 Å². The fourth-order valence-electron chi connectivity index (χ4n) is 2.28. The van der Waals surface area contributed by atoms with Crippen molar-refractivity contribution in [3.05, 3.63) is 0 Å². The fourth-order valence-corrected chi connectivity index (χ4v) is 2.28. The first-order chi connectivity index (χ1) is 8.33. The standard InChI is InChI=1S/C13H26O4/c14-9-5-2-1-3-7-13(8-4-6-10-15)16-11-12-17-13/h14-15H,1-12H2. The maximum absolute atomic E-state index is 8.79. The lowest BCUT2D eigenvalue weighted by atomic mass is 10.0. The summed E-state index contributed by atoms with van der Waals surface area (Å²) in [7, 11) is 0. The predicted octanol–water partition coefficient (Wildman–Crippen LogP) is 1.83. The van der Waals surface area contributed by atoms with Crippen LogP contribution in [-0.2, 0) is 9.47 Å². The van der Waals surface area contributed by atoms with Crippen LogP contribution >= 0.6 is 0 Å². The summed E-state index contributed by atoms with van der Waals surface area (Å²) < 4.78 is 11.5. The minimum atomic E-state index is -0.381. The van der Waals surface area contributed by atoms with Crippen LogP contribution in [0.1, 0.15) is 51.4 Å². The smallest absolute Gasteiger partial charge is 0.168 e. The lowest BCUT2D eigenvalue weighted by Gasteiger charge is -2.27. The van der Waals surface area contributed by atoms with Crippen LogP contribution in [0, 0.1) is 0 Å². The van der Waals surface area contributed by atoms with Gasteiger partial charge in [0.1, 0.15) is 0 Å². The molecule has 1 aliphatic heterocycles. The second-order valence-electron chi connectivity index (χ2n) is 4.68. The number of rotatable bonds is 10. The molecule has 1 fully saturated rings. The van der Waals surface area contributed by atoms with Crippen molar-refractivity contribution in [3.8, 4) is 0 Å². The van der Waals surface area contributed by atoms with E-state index in [1.54, 1.807) is 0 Å². The summed E-state index contributed by atoms with van der Waals surface area (Å²) in [6, 6.07) is 0. The zero-order valence-electron chi connectivity index (χ0n) is 10.7. The van der Waals surface area contributed by atoms with E-state index in [9.17, 15) is 0 Å². The maximum Gasteiger partial charge on any atom is 0.168 e. The average molecular weight is 246 g/mol. The molecule has 0 radical (unpaired) electrons. The number of aliphatic hydroxyl groups excluding tert-OH is 2. The van der Waals surface area contributed by atoms with Gasteiger partial charge in [0.25, 0.3) is 0 Å². The molecule has 1 rings (SSSR count). The second kappa shape index (κ2) is 8.86. The summed E-state index contributed by atoms with van der Waals surface area (Å²) in [6.45, 7) is 1.91. The summed E-state index contributed by atoms with van der Waals surface area (Å²) in [5.41, 5.74) is 0. The Morgan fingerprint density at radius 1 is 0.706 bits per heavy atom. The Kier molecular flexibility index (Phi) is 7.77. The van der Waals surface area contributed by atoms with Crippen molar-refractivity contribution in [1.82, 2.24) is 0 Å². The van der Waals surface area contributed by atoms with Crippen molar-refractivity contribution in [2.24, 2.45) is 0 Å². The molecule has 17 heavy (non-hydrogen) atoms. The van der Waals surface area contributed by atoms with Crippen LogP contribution in [-0.4, -0.2) is 42.4 Å². The van der Waals surface area contributed by atoms with Gasteiger partial charge in [-0.3, -0.25) is 0 Å². The van der Waals surface area contributed by atoms with E-state index in [-0.39, 0.29) is 19.0 Å². The Labute approximate surface area is 104 Å². The van der Waals surface area contributed by atoms with Gasteiger partial charge in [0.15, 0.2) is 5.79 Å².